The monoisotopic (exact) mass is 362 g/mol. The van der Waals surface area contributed by atoms with Crippen molar-refractivity contribution in [2.24, 2.45) is 0 Å². The van der Waals surface area contributed by atoms with Crippen molar-refractivity contribution in [2.75, 3.05) is 13.7 Å². The van der Waals surface area contributed by atoms with Gasteiger partial charge in [0.15, 0.2) is 6.61 Å². The molecule has 2 N–H and O–H groups in total. The third-order valence-electron chi connectivity index (χ3n) is 3.25. The summed E-state index contributed by atoms with van der Waals surface area (Å²) in [6.45, 7) is 4.86. The van der Waals surface area contributed by atoms with Gasteiger partial charge < -0.3 is 19.2 Å². The number of hydrogen-bond acceptors (Lipinski definition) is 6. The van der Waals surface area contributed by atoms with Crippen LogP contribution in [0.2, 0.25) is 0 Å². The first-order chi connectivity index (χ1) is 12.2. The molecule has 0 radical (unpaired) electrons. The van der Waals surface area contributed by atoms with Gasteiger partial charge in [-0.2, -0.15) is 0 Å². The number of hydrogen-bond donors (Lipinski definition) is 2. The van der Waals surface area contributed by atoms with Crippen LogP contribution in [-0.2, 0) is 20.9 Å². The summed E-state index contributed by atoms with van der Waals surface area (Å²) in [7, 11) is 1.50. The third kappa shape index (κ3) is 5.06. The number of methoxy groups -OCH3 is 1. The lowest BCUT2D eigenvalue weighted by Crippen LogP contribution is -2.49. The number of rotatable bonds is 5. The number of para-hydroxylation sites is 1. The lowest BCUT2D eigenvalue weighted by Gasteiger charge is -2.20. The molecule has 8 heteroatoms. The molecule has 0 atom stereocenters. The number of esters is 1. The van der Waals surface area contributed by atoms with Crippen LogP contribution in [0, 0.1) is 0 Å². The number of carbonyl (C=O) groups is 3. The number of benzene rings is 1. The Kier molecular flexibility index (Phi) is 5.99. The maximum Gasteiger partial charge on any atom is 0.375 e. The van der Waals surface area contributed by atoms with Crippen molar-refractivity contribution in [3.05, 3.63) is 35.6 Å². The molecule has 8 nitrogen and oxygen atoms in total. The molecule has 0 saturated heterocycles. The van der Waals surface area contributed by atoms with E-state index < -0.39 is 30.1 Å². The molecule has 0 saturated carbocycles. The zero-order valence-electron chi connectivity index (χ0n) is 15.2. The van der Waals surface area contributed by atoms with E-state index in [1.54, 1.807) is 39.0 Å². The van der Waals surface area contributed by atoms with E-state index in [9.17, 15) is 14.4 Å². The van der Waals surface area contributed by atoms with Gasteiger partial charge in [0, 0.05) is 23.6 Å². The van der Waals surface area contributed by atoms with Gasteiger partial charge in [0.2, 0.25) is 5.76 Å². The molecule has 0 aliphatic heterocycles. The van der Waals surface area contributed by atoms with E-state index in [1.165, 1.54) is 7.11 Å². The first-order valence-corrected chi connectivity index (χ1v) is 7.99. The number of furan rings is 1. The van der Waals surface area contributed by atoms with Gasteiger partial charge in [0.05, 0.1) is 6.61 Å². The molecule has 140 valence electrons. The van der Waals surface area contributed by atoms with Crippen molar-refractivity contribution >= 4 is 28.9 Å². The minimum absolute atomic E-state index is 0.0278. The van der Waals surface area contributed by atoms with Crippen LogP contribution >= 0.6 is 0 Å². The molecule has 26 heavy (non-hydrogen) atoms. The quantitative estimate of drug-likeness (QED) is 0.791. The van der Waals surface area contributed by atoms with Gasteiger partial charge in [-0.05, 0) is 26.8 Å². The van der Waals surface area contributed by atoms with Gasteiger partial charge in [-0.3, -0.25) is 10.1 Å². The normalized spacial score (nSPS) is 11.2. The SMILES string of the molecule is COCc1c(C(=O)OCC(=O)NC(=O)NC(C)(C)C)oc2ccccc12. The van der Waals surface area contributed by atoms with E-state index in [2.05, 4.69) is 10.6 Å². The number of ether oxygens (including phenoxy) is 2. The molecule has 1 aromatic carbocycles. The molecule has 2 aromatic rings. The third-order valence-corrected chi connectivity index (χ3v) is 3.25. The minimum Gasteiger partial charge on any atom is -0.450 e. The molecule has 3 amide bonds. The highest BCUT2D eigenvalue weighted by Gasteiger charge is 2.23. The van der Waals surface area contributed by atoms with Gasteiger partial charge in [-0.15, -0.1) is 0 Å². The number of nitrogens with one attached hydrogen (secondary N) is 2. The molecule has 2 rings (SSSR count). The number of carbonyl (C=O) groups excluding carboxylic acids is 3. The van der Waals surface area contributed by atoms with Crippen LogP contribution in [0.15, 0.2) is 28.7 Å². The number of fused-ring (bicyclic) bond motifs is 1. The summed E-state index contributed by atoms with van der Waals surface area (Å²) in [5.41, 5.74) is 0.559. The second-order valence-corrected chi connectivity index (χ2v) is 6.67. The van der Waals surface area contributed by atoms with Crippen LogP contribution in [0.4, 0.5) is 4.79 Å². The average Bonchev–Trinajstić information content (AvgIpc) is 2.90. The summed E-state index contributed by atoms with van der Waals surface area (Å²) in [4.78, 5) is 35.7. The molecule has 0 bridgehead atoms. The van der Waals surface area contributed by atoms with Gasteiger partial charge >= 0.3 is 12.0 Å². The molecule has 0 fully saturated rings. The van der Waals surface area contributed by atoms with E-state index in [4.69, 9.17) is 13.9 Å². The van der Waals surface area contributed by atoms with Crippen LogP contribution < -0.4 is 10.6 Å². The first kappa shape index (κ1) is 19.5. The number of imide groups is 1. The zero-order valence-corrected chi connectivity index (χ0v) is 15.2. The van der Waals surface area contributed by atoms with Crippen LogP contribution in [-0.4, -0.2) is 37.2 Å². The van der Waals surface area contributed by atoms with E-state index in [1.807, 2.05) is 6.07 Å². The van der Waals surface area contributed by atoms with E-state index in [-0.39, 0.29) is 12.4 Å². The van der Waals surface area contributed by atoms with Crippen molar-refractivity contribution in [1.29, 1.82) is 0 Å². The summed E-state index contributed by atoms with van der Waals surface area (Å²) in [5, 5.41) is 5.39. The average molecular weight is 362 g/mol. The Morgan fingerprint density at radius 3 is 2.50 bits per heavy atom. The maximum atomic E-state index is 12.3. The fraction of sp³-hybridized carbons (Fsp3) is 0.389. The molecule has 1 heterocycles. The zero-order chi connectivity index (χ0) is 19.3. The summed E-state index contributed by atoms with van der Waals surface area (Å²) in [6.07, 6.45) is 0. The predicted octanol–water partition coefficient (Wildman–Crippen LogP) is 2.36. The van der Waals surface area contributed by atoms with E-state index >= 15 is 0 Å². The smallest absolute Gasteiger partial charge is 0.375 e. The highest BCUT2D eigenvalue weighted by atomic mass is 16.5. The topological polar surface area (TPSA) is 107 Å². The Hall–Kier alpha value is -2.87. The van der Waals surface area contributed by atoms with Gasteiger partial charge in [0.25, 0.3) is 5.91 Å². The number of amides is 3. The van der Waals surface area contributed by atoms with Crippen LogP contribution in [0.25, 0.3) is 11.0 Å². The van der Waals surface area contributed by atoms with Crippen LogP contribution in [0.3, 0.4) is 0 Å². The van der Waals surface area contributed by atoms with Gasteiger partial charge in [-0.1, -0.05) is 18.2 Å². The lowest BCUT2D eigenvalue weighted by molar-refractivity contribution is -0.123. The standard InChI is InChI=1S/C18H22N2O6/c1-18(2,3)20-17(23)19-14(21)10-25-16(22)15-12(9-24-4)11-7-5-6-8-13(11)26-15/h5-8H,9-10H2,1-4H3,(H2,19,20,21,23). The molecule has 0 aliphatic carbocycles. The van der Waals surface area contributed by atoms with E-state index in [0.717, 1.165) is 5.39 Å². The Bertz CT molecular complexity index is 819. The van der Waals surface area contributed by atoms with Crippen LogP contribution in [0.1, 0.15) is 36.9 Å². The summed E-state index contributed by atoms with van der Waals surface area (Å²) in [5.74, 6) is -1.58. The molecular weight excluding hydrogens is 340 g/mol. The summed E-state index contributed by atoms with van der Waals surface area (Å²) < 4.78 is 15.6. The first-order valence-electron chi connectivity index (χ1n) is 7.99. The Morgan fingerprint density at radius 1 is 1.15 bits per heavy atom. The molecule has 1 aromatic heterocycles. The van der Waals surface area contributed by atoms with Crippen molar-refractivity contribution < 1.29 is 28.3 Å². The van der Waals surface area contributed by atoms with E-state index in [0.29, 0.717) is 11.1 Å². The molecule has 0 aliphatic rings. The summed E-state index contributed by atoms with van der Waals surface area (Å²) in [6, 6.07) is 6.44. The fourth-order valence-electron chi connectivity index (χ4n) is 2.28. The highest BCUT2D eigenvalue weighted by molar-refractivity contribution is 5.99. The summed E-state index contributed by atoms with van der Waals surface area (Å²) >= 11 is 0. The largest absolute Gasteiger partial charge is 0.450 e. The Labute approximate surface area is 150 Å². The van der Waals surface area contributed by atoms with Crippen molar-refractivity contribution in [2.45, 2.75) is 32.9 Å². The van der Waals surface area contributed by atoms with Gasteiger partial charge in [-0.25, -0.2) is 9.59 Å². The number of urea groups is 1. The van der Waals surface area contributed by atoms with Crippen LogP contribution in [0.5, 0.6) is 0 Å². The molecule has 0 spiro atoms. The van der Waals surface area contributed by atoms with Crippen molar-refractivity contribution in [3.63, 3.8) is 0 Å². The Balaban J connectivity index is 2.02. The maximum absolute atomic E-state index is 12.3. The van der Waals surface area contributed by atoms with Crippen molar-refractivity contribution in [3.8, 4) is 0 Å². The second kappa shape index (κ2) is 8.01. The minimum atomic E-state index is -0.806. The van der Waals surface area contributed by atoms with Crippen molar-refractivity contribution in [1.82, 2.24) is 10.6 Å². The Morgan fingerprint density at radius 2 is 1.85 bits per heavy atom. The lowest BCUT2D eigenvalue weighted by atomic mass is 10.1. The molecule has 0 unspecified atom stereocenters. The van der Waals surface area contributed by atoms with Gasteiger partial charge in [0.1, 0.15) is 5.58 Å². The fourth-order valence-corrected chi connectivity index (χ4v) is 2.28. The predicted molar refractivity (Wildman–Crippen MR) is 93.6 cm³/mol. The molecular formula is C18H22N2O6. The second-order valence-electron chi connectivity index (χ2n) is 6.67. The highest BCUT2D eigenvalue weighted by Crippen LogP contribution is 2.27.